The van der Waals surface area contributed by atoms with Crippen LogP contribution in [0.5, 0.6) is 0 Å². The number of hydrogen-bond donors (Lipinski definition) is 2. The lowest BCUT2D eigenvalue weighted by atomic mass is 10.1. The molecule has 0 aliphatic heterocycles. The zero-order valence-electron chi connectivity index (χ0n) is 14.4. The van der Waals surface area contributed by atoms with E-state index in [9.17, 15) is 13.2 Å². The van der Waals surface area contributed by atoms with Crippen molar-refractivity contribution in [3.05, 3.63) is 82.0 Å². The number of carbonyl (C=O) groups is 1. The van der Waals surface area contributed by atoms with E-state index in [4.69, 9.17) is 0 Å². The van der Waals surface area contributed by atoms with Crippen LogP contribution in [0.15, 0.2) is 66.0 Å². The van der Waals surface area contributed by atoms with Gasteiger partial charge in [-0.1, -0.05) is 30.0 Å². The van der Waals surface area contributed by atoms with Crippen LogP contribution in [-0.4, -0.2) is 20.6 Å². The molecule has 2 aromatic carbocycles. The van der Waals surface area contributed by atoms with Gasteiger partial charge in [0.2, 0.25) is 10.0 Å². The first-order valence-electron chi connectivity index (χ1n) is 7.94. The Labute approximate surface area is 162 Å². The Balaban J connectivity index is 1.75. The first-order valence-corrected chi connectivity index (χ1v) is 10.7. The predicted molar refractivity (Wildman–Crippen MR) is 110 cm³/mol. The van der Waals surface area contributed by atoms with Gasteiger partial charge in [-0.2, -0.15) is 0 Å². The van der Waals surface area contributed by atoms with Gasteiger partial charge in [0.05, 0.1) is 11.1 Å². The van der Waals surface area contributed by atoms with Crippen LogP contribution in [0.4, 0.5) is 11.4 Å². The van der Waals surface area contributed by atoms with Crippen molar-refractivity contribution in [2.75, 3.05) is 16.3 Å². The molecule has 5 nitrogen and oxygen atoms in total. The molecule has 0 fully saturated rings. The topological polar surface area (TPSA) is 75.3 Å². The lowest BCUT2D eigenvalue weighted by molar-refractivity contribution is 0.102. The largest absolute Gasteiger partial charge is 0.322 e. The summed E-state index contributed by atoms with van der Waals surface area (Å²) in [6, 6.07) is 17.4. The van der Waals surface area contributed by atoms with Gasteiger partial charge in [-0.25, -0.2) is 8.42 Å². The van der Waals surface area contributed by atoms with Crippen LogP contribution >= 0.6 is 11.3 Å². The molecular formula is C20H16N2O3S2. The fraction of sp³-hybridized carbons (Fsp3) is 0.0500. The summed E-state index contributed by atoms with van der Waals surface area (Å²) in [5.41, 5.74) is 2.08. The van der Waals surface area contributed by atoms with Crippen LogP contribution in [0, 0.1) is 11.8 Å². The molecule has 0 aliphatic rings. The normalized spacial score (nSPS) is 10.6. The van der Waals surface area contributed by atoms with E-state index in [-0.39, 0.29) is 5.91 Å². The van der Waals surface area contributed by atoms with E-state index in [0.29, 0.717) is 16.9 Å². The second-order valence-corrected chi connectivity index (χ2v) is 8.41. The molecule has 0 aliphatic carbocycles. The van der Waals surface area contributed by atoms with Gasteiger partial charge < -0.3 is 5.32 Å². The van der Waals surface area contributed by atoms with Gasteiger partial charge in [-0.15, -0.1) is 11.3 Å². The average Bonchev–Trinajstić information content (AvgIpc) is 3.13. The Hall–Kier alpha value is -3.08. The van der Waals surface area contributed by atoms with Gasteiger partial charge in [0.1, 0.15) is 0 Å². The Kier molecular flexibility index (Phi) is 5.60. The van der Waals surface area contributed by atoms with Crippen molar-refractivity contribution in [3.8, 4) is 11.8 Å². The molecule has 0 saturated heterocycles. The first-order chi connectivity index (χ1) is 12.9. The summed E-state index contributed by atoms with van der Waals surface area (Å²) in [6.45, 7) is 0. The molecule has 1 amide bonds. The second kappa shape index (κ2) is 8.08. The third-order valence-corrected chi connectivity index (χ3v) is 4.79. The highest BCUT2D eigenvalue weighted by Crippen LogP contribution is 2.16. The Morgan fingerprint density at radius 3 is 2.48 bits per heavy atom. The number of rotatable bonds is 4. The van der Waals surface area contributed by atoms with Crippen LogP contribution < -0.4 is 10.0 Å². The van der Waals surface area contributed by atoms with Crippen molar-refractivity contribution < 1.29 is 13.2 Å². The summed E-state index contributed by atoms with van der Waals surface area (Å²) in [5, 5.41) is 4.77. The van der Waals surface area contributed by atoms with Crippen molar-refractivity contribution in [1.29, 1.82) is 0 Å². The Morgan fingerprint density at radius 1 is 0.963 bits per heavy atom. The molecule has 2 N–H and O–H groups in total. The summed E-state index contributed by atoms with van der Waals surface area (Å²) in [6.07, 6.45) is 1.06. The number of nitrogens with one attached hydrogen (secondary N) is 2. The van der Waals surface area contributed by atoms with Gasteiger partial charge in [0.15, 0.2) is 0 Å². The van der Waals surface area contributed by atoms with E-state index < -0.39 is 10.0 Å². The maximum absolute atomic E-state index is 12.5. The van der Waals surface area contributed by atoms with Gasteiger partial charge in [-0.05, 0) is 47.8 Å². The third-order valence-electron chi connectivity index (χ3n) is 3.40. The van der Waals surface area contributed by atoms with Gasteiger partial charge in [0.25, 0.3) is 5.91 Å². The molecule has 0 atom stereocenters. The highest BCUT2D eigenvalue weighted by molar-refractivity contribution is 7.92. The first kappa shape index (κ1) is 18.7. The molecule has 0 unspecified atom stereocenters. The summed E-state index contributed by atoms with van der Waals surface area (Å²) >= 11 is 1.57. The lowest BCUT2D eigenvalue weighted by Crippen LogP contribution is -2.14. The average molecular weight is 396 g/mol. The number of amides is 1. The van der Waals surface area contributed by atoms with Gasteiger partial charge >= 0.3 is 0 Å². The van der Waals surface area contributed by atoms with Crippen LogP contribution in [0.3, 0.4) is 0 Å². The summed E-state index contributed by atoms with van der Waals surface area (Å²) in [4.78, 5) is 13.4. The molecule has 1 heterocycles. The predicted octanol–water partition coefficient (Wildman–Crippen LogP) is 3.77. The van der Waals surface area contributed by atoms with Gasteiger partial charge in [-0.3, -0.25) is 9.52 Å². The quantitative estimate of drug-likeness (QED) is 0.659. The van der Waals surface area contributed by atoms with Crippen molar-refractivity contribution in [2.45, 2.75) is 0 Å². The lowest BCUT2D eigenvalue weighted by Gasteiger charge is -2.08. The van der Waals surface area contributed by atoms with Crippen LogP contribution in [0.2, 0.25) is 0 Å². The van der Waals surface area contributed by atoms with Crippen LogP contribution in [-0.2, 0) is 10.0 Å². The van der Waals surface area contributed by atoms with Crippen molar-refractivity contribution in [2.24, 2.45) is 0 Å². The number of carbonyl (C=O) groups excluding carboxylic acids is 1. The van der Waals surface area contributed by atoms with Crippen molar-refractivity contribution in [3.63, 3.8) is 0 Å². The number of hydrogen-bond acceptors (Lipinski definition) is 4. The number of thiophene rings is 1. The smallest absolute Gasteiger partial charge is 0.255 e. The maximum atomic E-state index is 12.5. The zero-order valence-corrected chi connectivity index (χ0v) is 16.0. The van der Waals surface area contributed by atoms with E-state index in [1.807, 2.05) is 29.6 Å². The van der Waals surface area contributed by atoms with Crippen LogP contribution in [0.25, 0.3) is 0 Å². The molecule has 3 rings (SSSR count). The number of sulfonamides is 1. The molecule has 3 aromatic rings. The number of anilines is 2. The molecule has 0 bridgehead atoms. The standard InChI is InChI=1S/C20H16N2O3S2/c1-27(24,25)22-18-8-3-6-16(14-18)20(23)21-17-7-2-5-15(13-17)10-11-19-9-4-12-26-19/h2-9,12-14,22H,1H3,(H,21,23). The molecule has 136 valence electrons. The molecule has 0 spiro atoms. The minimum absolute atomic E-state index is 0.334. The molecule has 7 heteroatoms. The Morgan fingerprint density at radius 2 is 1.74 bits per heavy atom. The maximum Gasteiger partial charge on any atom is 0.255 e. The number of benzene rings is 2. The molecule has 1 aromatic heterocycles. The molecule has 0 radical (unpaired) electrons. The van der Waals surface area contributed by atoms with E-state index in [1.165, 1.54) is 6.07 Å². The van der Waals surface area contributed by atoms with Crippen molar-refractivity contribution in [1.82, 2.24) is 0 Å². The summed E-state index contributed by atoms with van der Waals surface area (Å²) < 4.78 is 25.0. The summed E-state index contributed by atoms with van der Waals surface area (Å²) in [7, 11) is -3.41. The minimum atomic E-state index is -3.41. The van der Waals surface area contributed by atoms with E-state index in [1.54, 1.807) is 41.7 Å². The molecular weight excluding hydrogens is 380 g/mol. The monoisotopic (exact) mass is 396 g/mol. The third kappa shape index (κ3) is 5.71. The van der Waals surface area contributed by atoms with E-state index in [0.717, 1.165) is 16.7 Å². The minimum Gasteiger partial charge on any atom is -0.322 e. The highest BCUT2D eigenvalue weighted by atomic mass is 32.2. The summed E-state index contributed by atoms with van der Waals surface area (Å²) in [5.74, 6) is 5.80. The van der Waals surface area contributed by atoms with E-state index in [2.05, 4.69) is 21.9 Å². The Bertz CT molecular complexity index is 1130. The zero-order chi connectivity index (χ0) is 19.3. The van der Waals surface area contributed by atoms with Gasteiger partial charge in [0, 0.05) is 22.5 Å². The van der Waals surface area contributed by atoms with Crippen LogP contribution in [0.1, 0.15) is 20.8 Å². The molecule has 27 heavy (non-hydrogen) atoms. The fourth-order valence-corrected chi connectivity index (χ4v) is 3.43. The highest BCUT2D eigenvalue weighted by Gasteiger charge is 2.09. The second-order valence-electron chi connectivity index (χ2n) is 5.72. The SMILES string of the molecule is CS(=O)(=O)Nc1cccc(C(=O)Nc2cccc(C#Cc3cccs3)c2)c1. The molecule has 0 saturated carbocycles. The van der Waals surface area contributed by atoms with Crippen molar-refractivity contribution >= 4 is 38.6 Å². The fourth-order valence-electron chi connectivity index (χ4n) is 2.30. The van der Waals surface area contributed by atoms with E-state index >= 15 is 0 Å².